The van der Waals surface area contributed by atoms with Gasteiger partial charge in [-0.05, 0) is 67.5 Å². The molecule has 4 nitrogen and oxygen atoms in total. The number of nitrogens with zero attached hydrogens (tertiary/aromatic N) is 1. The van der Waals surface area contributed by atoms with Gasteiger partial charge in [0.25, 0.3) is 0 Å². The molecule has 2 heterocycles. The Morgan fingerprint density at radius 2 is 1.96 bits per heavy atom. The molecule has 5 heteroatoms. The van der Waals surface area contributed by atoms with Crippen LogP contribution in [-0.2, 0) is 6.42 Å². The first-order chi connectivity index (χ1) is 13.6. The SMILES string of the molecule is O=C(NC1CC2(CCCN2)C1)N1CCc2ccccc2[C@@H]1c1ccc(F)cc1.[HH].[HH]. The van der Waals surface area contributed by atoms with Crippen LogP contribution in [0.3, 0.4) is 0 Å². The van der Waals surface area contributed by atoms with Crippen LogP contribution in [0.4, 0.5) is 9.18 Å². The molecule has 2 fully saturated rings. The largest absolute Gasteiger partial charge is 0.335 e. The van der Waals surface area contributed by atoms with E-state index in [0.29, 0.717) is 6.54 Å². The monoisotopic (exact) mass is 383 g/mol. The zero-order valence-corrected chi connectivity index (χ0v) is 16.0. The van der Waals surface area contributed by atoms with Crippen LogP contribution in [0, 0.1) is 5.82 Å². The highest BCUT2D eigenvalue weighted by Gasteiger charge is 2.47. The summed E-state index contributed by atoms with van der Waals surface area (Å²) in [5, 5.41) is 6.86. The molecule has 2 aromatic rings. The second kappa shape index (κ2) is 6.89. The van der Waals surface area contributed by atoms with Gasteiger partial charge < -0.3 is 15.5 Å². The normalized spacial score (nSPS) is 28.7. The van der Waals surface area contributed by atoms with Crippen molar-refractivity contribution >= 4 is 6.03 Å². The van der Waals surface area contributed by atoms with Crippen LogP contribution in [0.2, 0.25) is 0 Å². The van der Waals surface area contributed by atoms with Gasteiger partial charge in [-0.25, -0.2) is 9.18 Å². The number of fused-ring (bicyclic) bond motifs is 1. The standard InChI is InChI=1S/C23H26FN3O.2H2/c24-18-8-6-17(7-9-18)21-20-5-2-1-4-16(20)10-13-27(21)22(28)26-19-14-23(15-19)11-3-12-25-23;;/h1-2,4-9,19,21,25H,3,10-15H2,(H,26,28);2*1H/t19?,21-,23?;;/m0../s1. The predicted octanol–water partition coefficient (Wildman–Crippen LogP) is 4.26. The number of halogens is 1. The van der Waals surface area contributed by atoms with Gasteiger partial charge in [0.1, 0.15) is 5.82 Å². The van der Waals surface area contributed by atoms with Crippen LogP contribution in [-0.4, -0.2) is 35.6 Å². The van der Waals surface area contributed by atoms with Crippen molar-refractivity contribution in [2.75, 3.05) is 13.1 Å². The van der Waals surface area contributed by atoms with Gasteiger partial charge in [0, 0.05) is 21.0 Å². The molecule has 2 aromatic carbocycles. The number of urea groups is 1. The van der Waals surface area contributed by atoms with Crippen LogP contribution < -0.4 is 10.6 Å². The maximum Gasteiger partial charge on any atom is 0.318 e. The first-order valence-corrected chi connectivity index (χ1v) is 10.3. The zero-order chi connectivity index (χ0) is 19.1. The second-order valence-electron chi connectivity index (χ2n) is 8.46. The molecule has 2 N–H and O–H groups in total. The van der Waals surface area contributed by atoms with Crippen LogP contribution in [0.5, 0.6) is 0 Å². The first kappa shape index (κ1) is 17.7. The maximum absolute atomic E-state index is 13.5. The molecule has 2 amide bonds. The number of carbonyl (C=O) groups excluding carboxylic acids is 1. The number of nitrogens with one attached hydrogen (secondary N) is 2. The summed E-state index contributed by atoms with van der Waals surface area (Å²) in [6.07, 6.45) is 5.33. The van der Waals surface area contributed by atoms with E-state index in [2.05, 4.69) is 22.8 Å². The number of hydrogen-bond donors (Lipinski definition) is 2. The Labute approximate surface area is 168 Å². The van der Waals surface area contributed by atoms with E-state index in [-0.39, 0.29) is 32.3 Å². The minimum atomic E-state index is -0.257. The van der Waals surface area contributed by atoms with Crippen LogP contribution >= 0.6 is 0 Å². The topological polar surface area (TPSA) is 44.4 Å². The van der Waals surface area contributed by atoms with Crippen molar-refractivity contribution in [3.63, 3.8) is 0 Å². The molecule has 0 radical (unpaired) electrons. The van der Waals surface area contributed by atoms with Gasteiger partial charge in [-0.2, -0.15) is 0 Å². The van der Waals surface area contributed by atoms with Gasteiger partial charge in [-0.3, -0.25) is 0 Å². The summed E-state index contributed by atoms with van der Waals surface area (Å²) < 4.78 is 13.5. The zero-order valence-electron chi connectivity index (χ0n) is 16.0. The molecule has 150 valence electrons. The van der Waals surface area contributed by atoms with E-state index < -0.39 is 0 Å². The number of rotatable bonds is 2. The van der Waals surface area contributed by atoms with Gasteiger partial charge in [0.2, 0.25) is 0 Å². The van der Waals surface area contributed by atoms with Crippen molar-refractivity contribution in [1.29, 1.82) is 0 Å². The Balaban J connectivity index is 0.00000128. The molecular formula is C23H30FN3O. The fraction of sp³-hybridized carbons (Fsp3) is 0.435. The third kappa shape index (κ3) is 3.08. The molecule has 1 saturated carbocycles. The third-order valence-electron chi connectivity index (χ3n) is 6.66. The number of benzene rings is 2. The highest BCUT2D eigenvalue weighted by Crippen LogP contribution is 2.40. The Bertz CT molecular complexity index is 878. The lowest BCUT2D eigenvalue weighted by atomic mass is 9.72. The van der Waals surface area contributed by atoms with Crippen molar-refractivity contribution in [2.24, 2.45) is 0 Å². The highest BCUT2D eigenvalue weighted by molar-refractivity contribution is 5.76. The van der Waals surface area contributed by atoms with E-state index in [1.54, 1.807) is 12.1 Å². The minimum absolute atomic E-state index is 0. The summed E-state index contributed by atoms with van der Waals surface area (Å²) in [5.74, 6) is -0.257. The Hall–Kier alpha value is -2.40. The van der Waals surface area contributed by atoms with Gasteiger partial charge in [0.05, 0.1) is 6.04 Å². The molecule has 0 aromatic heterocycles. The number of amides is 2. The van der Waals surface area contributed by atoms with E-state index in [9.17, 15) is 9.18 Å². The lowest BCUT2D eigenvalue weighted by Crippen LogP contribution is -2.61. The van der Waals surface area contributed by atoms with Crippen LogP contribution in [0.15, 0.2) is 48.5 Å². The van der Waals surface area contributed by atoms with Crippen molar-refractivity contribution in [3.05, 3.63) is 71.0 Å². The van der Waals surface area contributed by atoms with E-state index in [4.69, 9.17) is 0 Å². The molecule has 1 aliphatic carbocycles. The van der Waals surface area contributed by atoms with Gasteiger partial charge in [-0.1, -0.05) is 36.4 Å². The van der Waals surface area contributed by atoms with Crippen molar-refractivity contribution in [1.82, 2.24) is 15.5 Å². The Morgan fingerprint density at radius 1 is 1.18 bits per heavy atom. The van der Waals surface area contributed by atoms with E-state index in [1.807, 2.05) is 17.0 Å². The summed E-state index contributed by atoms with van der Waals surface area (Å²) in [6.45, 7) is 1.76. The van der Waals surface area contributed by atoms with Gasteiger partial charge >= 0.3 is 6.03 Å². The van der Waals surface area contributed by atoms with Crippen molar-refractivity contribution in [2.45, 2.75) is 49.7 Å². The average Bonchev–Trinajstić information content (AvgIpc) is 3.17. The molecule has 28 heavy (non-hydrogen) atoms. The van der Waals surface area contributed by atoms with Gasteiger partial charge in [0.15, 0.2) is 0 Å². The molecule has 0 unspecified atom stereocenters. The summed E-state index contributed by atoms with van der Waals surface area (Å²) in [7, 11) is 0. The Morgan fingerprint density at radius 3 is 2.71 bits per heavy atom. The number of carbonyl (C=O) groups is 1. The Kier molecular flexibility index (Phi) is 4.35. The maximum atomic E-state index is 13.5. The molecule has 1 spiro atoms. The molecule has 0 bridgehead atoms. The molecule has 1 saturated heterocycles. The smallest absolute Gasteiger partial charge is 0.318 e. The summed E-state index contributed by atoms with van der Waals surface area (Å²) >= 11 is 0. The lowest BCUT2D eigenvalue weighted by molar-refractivity contribution is 0.132. The number of hydrogen-bond acceptors (Lipinski definition) is 2. The molecule has 3 aliphatic rings. The van der Waals surface area contributed by atoms with E-state index in [0.717, 1.165) is 36.9 Å². The third-order valence-corrected chi connectivity index (χ3v) is 6.66. The van der Waals surface area contributed by atoms with Crippen molar-refractivity contribution in [3.8, 4) is 0 Å². The summed E-state index contributed by atoms with van der Waals surface area (Å²) in [5.41, 5.74) is 3.62. The van der Waals surface area contributed by atoms with Crippen LogP contribution in [0.1, 0.15) is 51.3 Å². The van der Waals surface area contributed by atoms with Crippen LogP contribution in [0.25, 0.3) is 0 Å². The predicted molar refractivity (Wildman–Crippen MR) is 111 cm³/mol. The minimum Gasteiger partial charge on any atom is -0.335 e. The fourth-order valence-corrected chi connectivity index (χ4v) is 5.25. The molecule has 1 atom stereocenters. The average molecular weight is 384 g/mol. The second-order valence-corrected chi connectivity index (χ2v) is 8.46. The molecular weight excluding hydrogens is 353 g/mol. The quantitative estimate of drug-likeness (QED) is 0.814. The molecule has 2 aliphatic heterocycles. The lowest BCUT2D eigenvalue weighted by Gasteiger charge is -2.47. The van der Waals surface area contributed by atoms with Gasteiger partial charge in [-0.15, -0.1) is 0 Å². The molecule has 5 rings (SSSR count). The van der Waals surface area contributed by atoms with E-state index >= 15 is 0 Å². The van der Waals surface area contributed by atoms with E-state index in [1.165, 1.54) is 30.5 Å². The highest BCUT2D eigenvalue weighted by atomic mass is 19.1. The first-order valence-electron chi connectivity index (χ1n) is 10.3. The summed E-state index contributed by atoms with van der Waals surface area (Å²) in [6, 6.07) is 14.9. The summed E-state index contributed by atoms with van der Waals surface area (Å²) in [4.78, 5) is 15.1. The van der Waals surface area contributed by atoms with Crippen molar-refractivity contribution < 1.29 is 12.0 Å². The fourth-order valence-electron chi connectivity index (χ4n) is 5.25.